The van der Waals surface area contributed by atoms with Gasteiger partial charge in [0.25, 0.3) is 0 Å². The van der Waals surface area contributed by atoms with E-state index in [0.717, 1.165) is 0 Å². The molecule has 0 N–H and O–H groups in total. The molecular weight excluding hydrogens is 434 g/mol. The van der Waals surface area contributed by atoms with Crippen LogP contribution >= 0.6 is 11.3 Å². The van der Waals surface area contributed by atoms with Crippen molar-refractivity contribution in [2.24, 2.45) is 14.1 Å². The molecule has 0 aliphatic carbocycles. The molecule has 4 aromatic rings. The Balaban J connectivity index is 2.11. The molecule has 4 rings (SSSR count). The number of thiazole rings is 1. The van der Waals surface area contributed by atoms with Crippen LogP contribution in [0.5, 0.6) is 0 Å². The van der Waals surface area contributed by atoms with Gasteiger partial charge in [-0.25, -0.2) is 4.57 Å². The van der Waals surface area contributed by atoms with Crippen molar-refractivity contribution in [3.05, 3.63) is 87.5 Å². The molecule has 2 aromatic carbocycles. The highest BCUT2D eigenvalue weighted by Crippen LogP contribution is 2.37. The van der Waals surface area contributed by atoms with Gasteiger partial charge < -0.3 is 0 Å². The lowest BCUT2D eigenvalue weighted by Gasteiger charge is -2.24. The third kappa shape index (κ3) is 4.02. The molecule has 0 unspecified atom stereocenters. The van der Waals surface area contributed by atoms with Crippen LogP contribution < -0.4 is 9.13 Å². The van der Waals surface area contributed by atoms with Crippen LogP contribution in [0.25, 0.3) is 17.2 Å². The van der Waals surface area contributed by atoms with E-state index in [1.165, 1.54) is 45.2 Å². The molecule has 2 aromatic heterocycles. The number of benzene rings is 2. The highest BCUT2D eigenvalue weighted by molar-refractivity contribution is 7.07. The van der Waals surface area contributed by atoms with Gasteiger partial charge >= 0.3 is 11.5 Å². The van der Waals surface area contributed by atoms with Gasteiger partial charge in [-0.1, -0.05) is 81.5 Å². The average molecular weight is 474 g/mol. The minimum atomic E-state index is -0.153. The quantitative estimate of drug-likeness (QED) is 0.275. The second-order valence-corrected chi connectivity index (χ2v) is 11.4. The summed E-state index contributed by atoms with van der Waals surface area (Å²) in [5.74, 6) is 2.08. The largest absolute Gasteiger partial charge is 0.360 e. The third-order valence-corrected chi connectivity index (χ3v) is 8.01. The van der Waals surface area contributed by atoms with Crippen LogP contribution in [0, 0.1) is 6.92 Å². The Kier molecular flexibility index (Phi) is 6.56. The molecule has 0 radical (unpaired) electrons. The second kappa shape index (κ2) is 9.14. The molecule has 0 amide bonds. The van der Waals surface area contributed by atoms with Gasteiger partial charge in [0.2, 0.25) is 5.51 Å². The zero-order valence-electron chi connectivity index (χ0n) is 22.2. The normalized spacial score (nSPS) is 12.2. The van der Waals surface area contributed by atoms with Crippen molar-refractivity contribution in [1.82, 2.24) is 4.57 Å². The predicted molar refractivity (Wildman–Crippen MR) is 143 cm³/mol. The van der Waals surface area contributed by atoms with Gasteiger partial charge in [0, 0.05) is 11.1 Å². The summed E-state index contributed by atoms with van der Waals surface area (Å²) in [6.07, 6.45) is 2.40. The summed E-state index contributed by atoms with van der Waals surface area (Å²) in [6, 6.07) is 15.6. The summed E-state index contributed by atoms with van der Waals surface area (Å²) in [5.41, 5.74) is 11.4. The van der Waals surface area contributed by atoms with Gasteiger partial charge in [0.15, 0.2) is 5.69 Å². The maximum absolute atomic E-state index is 2.47. The second-order valence-electron chi connectivity index (χ2n) is 10.7. The molecule has 178 valence electrons. The van der Waals surface area contributed by atoms with Gasteiger partial charge in [-0.3, -0.25) is 0 Å². The predicted octanol–water partition coefficient (Wildman–Crippen LogP) is 6.74. The van der Waals surface area contributed by atoms with E-state index in [2.05, 4.69) is 136 Å². The zero-order valence-corrected chi connectivity index (χ0v) is 23.0. The van der Waals surface area contributed by atoms with Crippen LogP contribution in [0.4, 0.5) is 0 Å². The summed E-state index contributed by atoms with van der Waals surface area (Å²) >= 11 is 1.75. The van der Waals surface area contributed by atoms with Crippen LogP contribution in [-0.4, -0.2) is 4.57 Å². The average Bonchev–Trinajstić information content (AvgIpc) is 3.35. The van der Waals surface area contributed by atoms with Gasteiger partial charge in [-0.15, -0.1) is 0 Å². The Labute approximate surface area is 209 Å². The number of hydrogen-bond donors (Lipinski definition) is 0. The smallest absolute Gasteiger partial charge is 0.223 e. The van der Waals surface area contributed by atoms with Crippen molar-refractivity contribution in [2.45, 2.75) is 65.7 Å². The number of rotatable bonds is 6. The van der Waals surface area contributed by atoms with Gasteiger partial charge in [-0.2, -0.15) is 9.13 Å². The summed E-state index contributed by atoms with van der Waals surface area (Å²) < 4.78 is 7.13. The monoisotopic (exact) mass is 473 g/mol. The number of nitrogens with zero attached hydrogens (tertiary/aromatic N) is 3. The van der Waals surface area contributed by atoms with E-state index in [0.29, 0.717) is 11.8 Å². The molecule has 0 bridgehead atoms. The van der Waals surface area contributed by atoms with E-state index in [-0.39, 0.29) is 5.41 Å². The standard InChI is InChI=1S/C30H39N3S/c1-20(2)23-14-12-15-24(21(3)4)28(23)33-17-27(30(6,7)25-16-11-10-13-22(25)5)32(9)29(33)26-18-34-19-31(26)8/h10-21H,1-9H3/q+2. The topological polar surface area (TPSA) is 12.7 Å². The minimum Gasteiger partial charge on any atom is -0.223 e. The van der Waals surface area contributed by atoms with Crippen LogP contribution in [-0.2, 0) is 19.5 Å². The Morgan fingerprint density at radius 1 is 0.882 bits per heavy atom. The molecule has 0 fully saturated rings. The maximum atomic E-state index is 2.47. The lowest BCUT2D eigenvalue weighted by molar-refractivity contribution is -0.693. The Bertz CT molecular complexity index is 1290. The van der Waals surface area contributed by atoms with Crippen molar-refractivity contribution in [3.8, 4) is 17.2 Å². The summed E-state index contributed by atoms with van der Waals surface area (Å²) in [4.78, 5) is 0. The zero-order chi connectivity index (χ0) is 24.8. The van der Waals surface area contributed by atoms with Crippen molar-refractivity contribution in [1.29, 1.82) is 0 Å². The Morgan fingerprint density at radius 3 is 2.03 bits per heavy atom. The van der Waals surface area contributed by atoms with Crippen LogP contribution in [0.15, 0.2) is 59.6 Å². The molecule has 34 heavy (non-hydrogen) atoms. The molecule has 0 atom stereocenters. The van der Waals surface area contributed by atoms with Crippen LogP contribution in [0.3, 0.4) is 0 Å². The first-order valence-electron chi connectivity index (χ1n) is 12.3. The fraction of sp³-hybridized carbons (Fsp3) is 0.400. The van der Waals surface area contributed by atoms with Gasteiger partial charge in [0.05, 0.1) is 17.8 Å². The Morgan fingerprint density at radius 2 is 1.50 bits per heavy atom. The van der Waals surface area contributed by atoms with E-state index in [9.17, 15) is 0 Å². The first-order valence-corrected chi connectivity index (χ1v) is 13.2. The fourth-order valence-corrected chi connectivity index (χ4v) is 6.09. The van der Waals surface area contributed by atoms with Crippen molar-refractivity contribution in [2.75, 3.05) is 0 Å². The summed E-state index contributed by atoms with van der Waals surface area (Å²) in [5, 5.41) is 2.27. The molecular formula is C30H39N3S+2. The highest BCUT2D eigenvalue weighted by atomic mass is 32.1. The fourth-order valence-electron chi connectivity index (χ4n) is 5.33. The number of hydrogen-bond acceptors (Lipinski definition) is 1. The van der Waals surface area contributed by atoms with Crippen molar-refractivity contribution < 1.29 is 9.13 Å². The van der Waals surface area contributed by atoms with E-state index in [1.807, 2.05) is 0 Å². The molecule has 3 nitrogen and oxygen atoms in total. The summed E-state index contributed by atoms with van der Waals surface area (Å²) in [6.45, 7) is 16.1. The number of imidazole rings is 1. The molecule has 0 aliphatic rings. The summed E-state index contributed by atoms with van der Waals surface area (Å²) in [7, 11) is 4.37. The molecule has 0 saturated heterocycles. The van der Waals surface area contributed by atoms with Crippen LogP contribution in [0.2, 0.25) is 0 Å². The van der Waals surface area contributed by atoms with Gasteiger partial charge in [-0.05, 0) is 43.7 Å². The SMILES string of the molecule is Cc1ccccc1C(C)(C)c1cn(-c2c(C(C)C)cccc2C(C)C)c(-c2csc[n+]2C)[n+]1C. The molecule has 0 saturated carbocycles. The van der Waals surface area contributed by atoms with E-state index < -0.39 is 0 Å². The number of aromatic nitrogens is 3. The van der Waals surface area contributed by atoms with E-state index in [1.54, 1.807) is 11.3 Å². The number of para-hydroxylation sites is 1. The molecule has 4 heteroatoms. The lowest BCUT2D eigenvalue weighted by Crippen LogP contribution is -2.43. The minimum absolute atomic E-state index is 0.153. The van der Waals surface area contributed by atoms with E-state index in [4.69, 9.17) is 0 Å². The van der Waals surface area contributed by atoms with Gasteiger partial charge in [0.1, 0.15) is 18.9 Å². The molecule has 0 aliphatic heterocycles. The van der Waals surface area contributed by atoms with Crippen molar-refractivity contribution in [3.63, 3.8) is 0 Å². The molecule has 2 heterocycles. The Hall–Kier alpha value is -2.72. The first kappa shape index (κ1) is 24.4. The number of aryl methyl sites for hydroxylation is 2. The van der Waals surface area contributed by atoms with Crippen molar-refractivity contribution >= 4 is 11.3 Å². The third-order valence-electron chi connectivity index (χ3n) is 7.21. The molecule has 0 spiro atoms. The van der Waals surface area contributed by atoms with E-state index >= 15 is 0 Å². The highest BCUT2D eigenvalue weighted by Gasteiger charge is 2.39. The maximum Gasteiger partial charge on any atom is 0.360 e. The first-order chi connectivity index (χ1) is 16.1. The van der Waals surface area contributed by atoms with Crippen LogP contribution in [0.1, 0.15) is 81.3 Å². The lowest BCUT2D eigenvalue weighted by atomic mass is 9.79.